The van der Waals surface area contributed by atoms with Crippen LogP contribution in [-0.4, -0.2) is 95.9 Å². The van der Waals surface area contributed by atoms with Gasteiger partial charge in [0.2, 0.25) is 0 Å². The van der Waals surface area contributed by atoms with Gasteiger partial charge in [-0.05, 0) is 154 Å². The Labute approximate surface area is 611 Å². The van der Waals surface area contributed by atoms with E-state index >= 15 is 0 Å². The minimum Gasteiger partial charge on any atom is -0.463 e. The van der Waals surface area contributed by atoms with Gasteiger partial charge < -0.3 is 34.2 Å². The lowest BCUT2D eigenvalue weighted by Gasteiger charge is -2.21. The highest BCUT2D eigenvalue weighted by atomic mass is 31.2. The van der Waals surface area contributed by atoms with Crippen LogP contribution < -0.4 is 0 Å². The molecule has 0 aliphatic carbocycles. The lowest BCUT2D eigenvalue weighted by atomic mass is 10.1. The van der Waals surface area contributed by atoms with Gasteiger partial charge in [0.1, 0.15) is 25.4 Å². The van der Waals surface area contributed by atoms with E-state index in [1.54, 1.807) is 0 Å². The molecule has 0 radical (unpaired) electrons. The number of aliphatic hydroxyl groups is 2. The van der Waals surface area contributed by atoms with Crippen molar-refractivity contribution in [2.75, 3.05) is 39.6 Å². The van der Waals surface area contributed by atoms with Gasteiger partial charge in [-0.2, -0.15) is 0 Å². The summed E-state index contributed by atoms with van der Waals surface area (Å²) < 4.78 is 61.0. The smallest absolute Gasteiger partial charge is 0.463 e. The van der Waals surface area contributed by atoms with Crippen molar-refractivity contribution in [2.24, 2.45) is 0 Å². The summed E-state index contributed by atoms with van der Waals surface area (Å²) in [5.41, 5.74) is 0. The minimum absolute atomic E-state index is 0.0718. The zero-order chi connectivity index (χ0) is 73.7. The van der Waals surface area contributed by atoms with Crippen LogP contribution in [0.2, 0.25) is 0 Å². The molecule has 0 fully saturated rings. The van der Waals surface area contributed by atoms with Crippen molar-refractivity contribution in [1.82, 2.24) is 0 Å². The number of hydrogen-bond acceptors (Lipinski definition) is 14. The maximum absolute atomic E-state index is 13.0. The molecule has 0 rings (SSSR count). The van der Waals surface area contributed by atoms with Crippen LogP contribution in [0, 0.1) is 0 Å². The first-order chi connectivity index (χ1) is 49.2. The molecule has 0 aliphatic heterocycles. The molecule has 0 spiro atoms. The number of ether oxygens (including phenoxy) is 3. The van der Waals surface area contributed by atoms with Crippen molar-refractivity contribution in [1.29, 1.82) is 0 Å². The van der Waals surface area contributed by atoms with Gasteiger partial charge in [-0.1, -0.05) is 274 Å². The highest BCUT2D eigenvalue weighted by Gasteiger charge is 2.29. The molecule has 0 aromatic carbocycles. The van der Waals surface area contributed by atoms with Crippen molar-refractivity contribution in [3.63, 3.8) is 0 Å². The summed E-state index contributed by atoms with van der Waals surface area (Å²) in [6, 6.07) is 0. The van der Waals surface area contributed by atoms with Crippen molar-refractivity contribution in [3.8, 4) is 0 Å². The number of phosphoric ester groups is 2. The fourth-order valence-corrected chi connectivity index (χ4v) is 11.0. The van der Waals surface area contributed by atoms with Crippen LogP contribution in [-0.2, 0) is 55.8 Å². The first-order valence-electron chi connectivity index (χ1n) is 38.1. The second-order valence-corrected chi connectivity index (χ2v) is 27.6. The molecular formula is C83H134O16P2. The molecule has 0 amide bonds. The summed E-state index contributed by atoms with van der Waals surface area (Å²) in [6.07, 6.45) is 95.1. The van der Waals surface area contributed by atoms with Crippen LogP contribution >= 0.6 is 15.6 Å². The second-order valence-electron chi connectivity index (χ2n) is 24.7. The van der Waals surface area contributed by atoms with E-state index in [0.717, 1.165) is 186 Å². The van der Waals surface area contributed by atoms with Crippen LogP contribution in [0.25, 0.3) is 0 Å². The van der Waals surface area contributed by atoms with Crippen molar-refractivity contribution >= 4 is 33.6 Å². The third-order valence-electron chi connectivity index (χ3n) is 15.1. The van der Waals surface area contributed by atoms with E-state index < -0.39 is 91.5 Å². The Bertz CT molecular complexity index is 2570. The highest BCUT2D eigenvalue weighted by molar-refractivity contribution is 7.47. The second kappa shape index (κ2) is 74.4. The topological polar surface area (TPSA) is 231 Å². The van der Waals surface area contributed by atoms with E-state index in [-0.39, 0.29) is 19.3 Å². The average Bonchev–Trinajstić information content (AvgIpc) is 0.951. The van der Waals surface area contributed by atoms with Crippen LogP contribution in [0.15, 0.2) is 182 Å². The molecule has 5 atom stereocenters. The summed E-state index contributed by atoms with van der Waals surface area (Å²) in [4.78, 5) is 58.6. The molecule has 0 saturated carbocycles. The number of carbonyl (C=O) groups excluding carboxylic acids is 3. The van der Waals surface area contributed by atoms with Crippen molar-refractivity contribution in [3.05, 3.63) is 182 Å². The maximum Gasteiger partial charge on any atom is 0.472 e. The molecule has 0 bridgehead atoms. The summed E-state index contributed by atoms with van der Waals surface area (Å²) in [6.45, 7) is 2.25. The van der Waals surface area contributed by atoms with E-state index in [4.69, 9.17) is 32.3 Å². The molecular weight excluding hydrogens is 1310 g/mol. The Morgan fingerprint density at radius 2 is 0.495 bits per heavy atom. The Morgan fingerprint density at radius 1 is 0.277 bits per heavy atom. The first-order valence-corrected chi connectivity index (χ1v) is 41.1. The molecule has 5 unspecified atom stereocenters. The fraction of sp³-hybridized carbons (Fsp3) is 0.602. The Kier molecular flexibility index (Phi) is 70.4. The van der Waals surface area contributed by atoms with Gasteiger partial charge in [-0.3, -0.25) is 32.5 Å². The quantitative estimate of drug-likeness (QED) is 0.0146. The van der Waals surface area contributed by atoms with E-state index in [9.17, 15) is 43.5 Å². The van der Waals surface area contributed by atoms with Gasteiger partial charge in [-0.25, -0.2) is 9.13 Å². The summed E-state index contributed by atoms with van der Waals surface area (Å²) >= 11 is 0. The van der Waals surface area contributed by atoms with Gasteiger partial charge in [0.05, 0.1) is 26.4 Å². The third kappa shape index (κ3) is 75.6. The lowest BCUT2D eigenvalue weighted by molar-refractivity contribution is -0.161. The largest absolute Gasteiger partial charge is 0.472 e. The molecule has 0 heterocycles. The van der Waals surface area contributed by atoms with E-state index in [2.05, 4.69) is 203 Å². The monoisotopic (exact) mass is 1450 g/mol. The zero-order valence-corrected chi connectivity index (χ0v) is 64.0. The Hall–Kier alpha value is -5.35. The van der Waals surface area contributed by atoms with Gasteiger partial charge in [0.15, 0.2) is 6.10 Å². The molecule has 4 N–H and O–H groups in total. The van der Waals surface area contributed by atoms with Gasteiger partial charge in [0, 0.05) is 19.3 Å². The number of unbranched alkanes of at least 4 members (excludes halogenated alkanes) is 17. The van der Waals surface area contributed by atoms with Crippen LogP contribution in [0.5, 0.6) is 0 Å². The predicted molar refractivity (Wildman–Crippen MR) is 417 cm³/mol. The first kappa shape index (κ1) is 95.6. The van der Waals surface area contributed by atoms with E-state index in [1.165, 1.54) is 19.3 Å². The van der Waals surface area contributed by atoms with Gasteiger partial charge in [-0.15, -0.1) is 0 Å². The number of phosphoric acid groups is 2. The van der Waals surface area contributed by atoms with Gasteiger partial charge in [0.25, 0.3) is 0 Å². The summed E-state index contributed by atoms with van der Waals surface area (Å²) in [5, 5.41) is 20.6. The Morgan fingerprint density at radius 3 is 0.782 bits per heavy atom. The summed E-state index contributed by atoms with van der Waals surface area (Å²) in [7, 11) is -9.82. The number of hydrogen-bond donors (Lipinski definition) is 4. The van der Waals surface area contributed by atoms with Crippen LogP contribution in [0.1, 0.15) is 265 Å². The highest BCUT2D eigenvalue weighted by Crippen LogP contribution is 2.45. The zero-order valence-electron chi connectivity index (χ0n) is 62.2. The molecule has 572 valence electrons. The number of esters is 3. The molecule has 0 aromatic rings. The Balaban J connectivity index is 4.65. The number of allylic oxidation sites excluding steroid dienone is 30. The molecule has 16 nitrogen and oxygen atoms in total. The lowest BCUT2D eigenvalue weighted by Crippen LogP contribution is -2.30. The van der Waals surface area contributed by atoms with E-state index in [1.807, 2.05) is 0 Å². The average molecular weight is 1450 g/mol. The van der Waals surface area contributed by atoms with Crippen molar-refractivity contribution in [2.45, 2.75) is 283 Å². The fourth-order valence-electron chi connectivity index (χ4n) is 9.41. The van der Waals surface area contributed by atoms with Crippen LogP contribution in [0.3, 0.4) is 0 Å². The number of rotatable bonds is 70. The predicted octanol–water partition coefficient (Wildman–Crippen LogP) is 22.2. The molecule has 0 aromatic heterocycles. The van der Waals surface area contributed by atoms with Crippen molar-refractivity contribution < 1.29 is 75.8 Å². The normalized spacial score (nSPS) is 15.0. The molecule has 18 heteroatoms. The molecule has 0 aliphatic rings. The molecule has 0 saturated heterocycles. The van der Waals surface area contributed by atoms with Gasteiger partial charge >= 0.3 is 33.6 Å². The maximum atomic E-state index is 13.0. The number of carbonyl (C=O) groups is 3. The minimum atomic E-state index is -4.95. The summed E-state index contributed by atoms with van der Waals surface area (Å²) in [5.74, 6) is -1.64. The van der Waals surface area contributed by atoms with E-state index in [0.29, 0.717) is 19.3 Å². The molecule has 101 heavy (non-hydrogen) atoms. The number of aliphatic hydroxyl groups excluding tert-OH is 2. The SMILES string of the molecule is CC/C=C\C/C=C\C/C=C\C/C=C\C/C=C\C/C=C\CCCCCCCCCCC(=O)OCC(O)COP(=O)(O)OCC(O)COP(=O)(O)OCC(COC(=O)CCCCCC/C=C\C/C=C\C/C=C\C/C=C\C/C=C\C/C=C\CC)OC(=O)CCCCCCC/C=C\C/C=C\C/C=C\CC. The third-order valence-corrected chi connectivity index (χ3v) is 17.0. The van der Waals surface area contributed by atoms with Crippen LogP contribution in [0.4, 0.5) is 0 Å². The standard InChI is InChI=1S/C83H134O16P2/c1-4-7-10-13-16-19-22-25-28-30-32-34-36-37-38-39-41-43-44-46-49-51-54-57-60-63-66-69-81(86)93-72-78(84)73-95-100(89,90)96-74-79(85)75-97-101(91,92)98-77-80(99-83(88)71-68-65-62-59-56-53-48-27-24-21-18-15-12-9-6-3)76-94-82(87)70-67-64-61-58-55-52-50-47-45-42-40-35-33-31-29-26-23-20-17-14-11-8-5-2/h7-12,16-21,25-29,32-35,37-38,41-43,45,48,50,52,78-80,84-85H,4-6,13-15,22-24,30-31,36,39-40,44,46-47,49,51,53-77H2,1-3H3,(H,89,90)(H,91,92)/b10-7-,11-8-,12-9-,19-16-,20-17-,21-18-,28-25-,29-26-,34-32-,35-33-,38-37-,43-41-,45-42-,48-27-,52-50-.